The van der Waals surface area contributed by atoms with Gasteiger partial charge in [-0.15, -0.1) is 22.7 Å². The van der Waals surface area contributed by atoms with Crippen LogP contribution in [0.15, 0.2) is 53.6 Å². The standard InChI is InChI=1S/C21H11ClF4N2O2S2/c22-18-12-6-5-11(23)8-15(12)32-19(18)20(30)28-27-17(21(24,25)26)9-13(29)16-7-10-3-1-2-4-14(10)31-16/h1-8H,9H2,(H,28,30)/b27-17-. The van der Waals surface area contributed by atoms with Crippen molar-refractivity contribution in [1.82, 2.24) is 5.43 Å². The fourth-order valence-corrected chi connectivity index (χ4v) is 5.35. The molecule has 0 saturated heterocycles. The summed E-state index contributed by atoms with van der Waals surface area (Å²) in [5.41, 5.74) is 0.370. The minimum Gasteiger partial charge on any atom is -0.293 e. The average Bonchev–Trinajstić information content (AvgIpc) is 3.31. The predicted molar refractivity (Wildman–Crippen MR) is 119 cm³/mol. The second kappa shape index (κ2) is 8.61. The second-order valence-electron chi connectivity index (χ2n) is 6.63. The van der Waals surface area contributed by atoms with Crippen LogP contribution in [0.1, 0.15) is 25.8 Å². The number of amides is 1. The number of fused-ring (bicyclic) bond motifs is 2. The summed E-state index contributed by atoms with van der Waals surface area (Å²) in [6.07, 6.45) is -5.98. The maximum absolute atomic E-state index is 13.4. The van der Waals surface area contributed by atoms with E-state index in [1.54, 1.807) is 24.3 Å². The van der Waals surface area contributed by atoms with Crippen LogP contribution in [0.3, 0.4) is 0 Å². The van der Waals surface area contributed by atoms with Crippen molar-refractivity contribution < 1.29 is 27.2 Å². The average molecular weight is 499 g/mol. The molecule has 11 heteroatoms. The van der Waals surface area contributed by atoms with Crippen LogP contribution in [0, 0.1) is 5.82 Å². The first-order chi connectivity index (χ1) is 15.1. The molecule has 2 heterocycles. The Morgan fingerprint density at radius 3 is 2.50 bits per heavy atom. The molecule has 4 nitrogen and oxygen atoms in total. The topological polar surface area (TPSA) is 58.5 Å². The van der Waals surface area contributed by atoms with Gasteiger partial charge in [0.05, 0.1) is 16.3 Å². The molecule has 0 radical (unpaired) electrons. The van der Waals surface area contributed by atoms with Crippen molar-refractivity contribution in [3.63, 3.8) is 0 Å². The van der Waals surface area contributed by atoms with Gasteiger partial charge in [0.1, 0.15) is 16.4 Å². The fourth-order valence-electron chi connectivity index (χ4n) is 2.92. The highest BCUT2D eigenvalue weighted by Crippen LogP contribution is 2.35. The molecule has 32 heavy (non-hydrogen) atoms. The summed E-state index contributed by atoms with van der Waals surface area (Å²) in [6, 6.07) is 12.2. The maximum atomic E-state index is 13.4. The van der Waals surface area contributed by atoms with E-state index >= 15 is 0 Å². The van der Waals surface area contributed by atoms with E-state index in [-0.39, 0.29) is 14.8 Å². The molecule has 0 unspecified atom stereocenters. The molecule has 0 aliphatic rings. The van der Waals surface area contributed by atoms with Gasteiger partial charge in [-0.2, -0.15) is 18.3 Å². The summed E-state index contributed by atoms with van der Waals surface area (Å²) in [5, 5.41) is 4.29. The number of hydrazone groups is 1. The molecule has 0 fully saturated rings. The van der Waals surface area contributed by atoms with Gasteiger partial charge in [-0.05, 0) is 35.7 Å². The molecule has 0 bridgehead atoms. The Morgan fingerprint density at radius 2 is 1.78 bits per heavy atom. The predicted octanol–water partition coefficient (Wildman–Crippen LogP) is 6.83. The third kappa shape index (κ3) is 4.52. The van der Waals surface area contributed by atoms with Crippen molar-refractivity contribution >= 4 is 71.8 Å². The smallest absolute Gasteiger partial charge is 0.293 e. The highest BCUT2D eigenvalue weighted by Gasteiger charge is 2.38. The highest BCUT2D eigenvalue weighted by atomic mass is 35.5. The van der Waals surface area contributed by atoms with Crippen molar-refractivity contribution in [2.45, 2.75) is 12.6 Å². The first kappa shape index (κ1) is 22.4. The number of ketones is 1. The first-order valence-corrected chi connectivity index (χ1v) is 11.0. The number of nitrogens with zero attached hydrogens (tertiary/aromatic N) is 1. The summed E-state index contributed by atoms with van der Waals surface area (Å²) in [5.74, 6) is -2.31. The number of hydrogen-bond acceptors (Lipinski definition) is 5. The maximum Gasteiger partial charge on any atom is 0.431 e. The van der Waals surface area contributed by atoms with Crippen molar-refractivity contribution in [2.24, 2.45) is 5.10 Å². The molecule has 1 N–H and O–H groups in total. The van der Waals surface area contributed by atoms with Crippen LogP contribution in [0.4, 0.5) is 17.6 Å². The molecular weight excluding hydrogens is 488 g/mol. The van der Waals surface area contributed by atoms with Gasteiger partial charge in [0, 0.05) is 14.8 Å². The summed E-state index contributed by atoms with van der Waals surface area (Å²) in [6.45, 7) is 0. The first-order valence-electron chi connectivity index (χ1n) is 8.97. The summed E-state index contributed by atoms with van der Waals surface area (Å²) >= 11 is 8.01. The largest absolute Gasteiger partial charge is 0.431 e. The van der Waals surface area contributed by atoms with Gasteiger partial charge in [-0.1, -0.05) is 29.8 Å². The fraction of sp³-hybridized carbons (Fsp3) is 0.0952. The third-order valence-corrected chi connectivity index (χ3v) is 7.26. The number of rotatable bonds is 5. The summed E-state index contributed by atoms with van der Waals surface area (Å²) < 4.78 is 54.9. The van der Waals surface area contributed by atoms with E-state index in [9.17, 15) is 27.2 Å². The Bertz CT molecular complexity index is 1360. The van der Waals surface area contributed by atoms with E-state index in [2.05, 4.69) is 5.10 Å². The van der Waals surface area contributed by atoms with Gasteiger partial charge in [0.2, 0.25) is 0 Å². The van der Waals surface area contributed by atoms with Crippen LogP contribution in [0.25, 0.3) is 20.2 Å². The minimum atomic E-state index is -4.94. The number of hydrogen-bond donors (Lipinski definition) is 1. The van der Waals surface area contributed by atoms with E-state index in [1.165, 1.54) is 12.1 Å². The van der Waals surface area contributed by atoms with Crippen LogP contribution < -0.4 is 5.43 Å². The lowest BCUT2D eigenvalue weighted by molar-refractivity contribution is -0.0605. The number of carbonyl (C=O) groups is 2. The quantitative estimate of drug-likeness (QED) is 0.142. The molecule has 164 valence electrons. The van der Waals surface area contributed by atoms with Crippen LogP contribution >= 0.6 is 34.3 Å². The Balaban J connectivity index is 1.57. The normalized spacial score (nSPS) is 12.5. The van der Waals surface area contributed by atoms with Crippen molar-refractivity contribution in [1.29, 1.82) is 0 Å². The van der Waals surface area contributed by atoms with E-state index in [0.29, 0.717) is 10.1 Å². The van der Waals surface area contributed by atoms with E-state index in [1.807, 2.05) is 5.43 Å². The van der Waals surface area contributed by atoms with Gasteiger partial charge in [-0.3, -0.25) is 9.59 Å². The number of thiophene rings is 2. The molecule has 2 aromatic heterocycles. The lowest BCUT2D eigenvalue weighted by atomic mass is 10.1. The number of Topliss-reactive ketones (excluding diaryl/α,β-unsaturated/α-hetero) is 1. The molecule has 1 amide bonds. The van der Waals surface area contributed by atoms with E-state index in [4.69, 9.17) is 11.6 Å². The second-order valence-corrected chi connectivity index (χ2v) is 9.15. The highest BCUT2D eigenvalue weighted by molar-refractivity contribution is 7.21. The van der Waals surface area contributed by atoms with Gasteiger partial charge >= 0.3 is 6.18 Å². The minimum absolute atomic E-state index is 0.0207. The number of halogens is 5. The monoisotopic (exact) mass is 498 g/mol. The van der Waals surface area contributed by atoms with Crippen LogP contribution in [0.5, 0.6) is 0 Å². The number of alkyl halides is 3. The van der Waals surface area contributed by atoms with Gasteiger partial charge < -0.3 is 0 Å². The molecular formula is C21H11ClF4N2O2S2. The number of benzene rings is 2. The molecule has 0 atom stereocenters. The Hall–Kier alpha value is -2.82. The number of nitrogens with one attached hydrogen (secondary N) is 1. The van der Waals surface area contributed by atoms with E-state index < -0.39 is 35.8 Å². The van der Waals surface area contributed by atoms with Crippen LogP contribution in [0.2, 0.25) is 5.02 Å². The Morgan fingerprint density at radius 1 is 1.03 bits per heavy atom. The molecule has 4 rings (SSSR count). The molecule has 0 spiro atoms. The van der Waals surface area contributed by atoms with E-state index in [0.717, 1.165) is 44.9 Å². The molecule has 0 aliphatic carbocycles. The molecule has 0 saturated carbocycles. The molecule has 4 aromatic rings. The third-order valence-electron chi connectivity index (χ3n) is 4.45. The Kier molecular flexibility index (Phi) is 6.02. The van der Waals surface area contributed by atoms with Gasteiger partial charge in [-0.25, -0.2) is 9.82 Å². The van der Waals surface area contributed by atoms with Crippen molar-refractivity contribution in [2.75, 3.05) is 0 Å². The lowest BCUT2D eigenvalue weighted by Crippen LogP contribution is -2.30. The molecule has 0 aliphatic heterocycles. The van der Waals surface area contributed by atoms with Crippen molar-refractivity contribution in [3.05, 3.63) is 69.1 Å². The summed E-state index contributed by atoms with van der Waals surface area (Å²) in [7, 11) is 0. The van der Waals surface area contributed by atoms with Gasteiger partial charge in [0.15, 0.2) is 5.78 Å². The van der Waals surface area contributed by atoms with Gasteiger partial charge in [0.25, 0.3) is 5.91 Å². The SMILES string of the molecule is O=C(C/C(=N/NC(=O)c1sc2cc(F)ccc2c1Cl)C(F)(F)F)c1cc2ccccc2s1. The Labute approximate surface area is 191 Å². The zero-order valence-electron chi connectivity index (χ0n) is 15.8. The zero-order valence-corrected chi connectivity index (χ0v) is 18.2. The lowest BCUT2D eigenvalue weighted by Gasteiger charge is -2.09. The summed E-state index contributed by atoms with van der Waals surface area (Å²) in [4.78, 5) is 24.9. The van der Waals surface area contributed by atoms with Crippen LogP contribution in [-0.4, -0.2) is 23.6 Å². The van der Waals surface area contributed by atoms with Crippen LogP contribution in [-0.2, 0) is 0 Å². The molecule has 2 aromatic carbocycles. The zero-order chi connectivity index (χ0) is 23.0. The van der Waals surface area contributed by atoms with Crippen molar-refractivity contribution in [3.8, 4) is 0 Å². The number of carbonyl (C=O) groups excluding carboxylic acids is 2.